The van der Waals surface area contributed by atoms with Crippen LogP contribution in [0.1, 0.15) is 39.5 Å². The van der Waals surface area contributed by atoms with E-state index in [2.05, 4.69) is 0 Å². The van der Waals surface area contributed by atoms with Gasteiger partial charge in [-0.15, -0.1) is 0 Å². The van der Waals surface area contributed by atoms with Crippen molar-refractivity contribution in [3.63, 3.8) is 0 Å². The standard InChI is InChI=1S/C43H33NO6/c1-26(45)29-11-10-16-32(25-29)44-39(46)37-38(40(44)47)43(31-14-8-5-9-15-31)36(28-19-23-34(50-3)24-20-28)35(27-17-21-33(49-2)22-18-27)42(37,41(43)48)30-12-6-4-7-13-30/h4-25,37-38H,1-3H3/t37-,38+,42-,43+. The van der Waals surface area contributed by atoms with Gasteiger partial charge in [0, 0.05) is 5.56 Å². The highest BCUT2D eigenvalue weighted by Crippen LogP contribution is 2.74. The minimum absolute atomic E-state index is 0.187. The van der Waals surface area contributed by atoms with Gasteiger partial charge in [-0.3, -0.25) is 19.2 Å². The number of ketones is 2. The number of carbonyl (C=O) groups is 4. The Kier molecular flexibility index (Phi) is 7.19. The van der Waals surface area contributed by atoms with Crippen molar-refractivity contribution in [1.29, 1.82) is 0 Å². The number of fused-ring (bicyclic) bond motifs is 5. The summed E-state index contributed by atoms with van der Waals surface area (Å²) in [5.74, 6) is -2.23. The summed E-state index contributed by atoms with van der Waals surface area (Å²) in [6.45, 7) is 1.45. The topological polar surface area (TPSA) is 90.0 Å². The summed E-state index contributed by atoms with van der Waals surface area (Å²) >= 11 is 0. The van der Waals surface area contributed by atoms with Gasteiger partial charge in [-0.05, 0) is 76.7 Å². The average molecular weight is 660 g/mol. The molecule has 0 aromatic heterocycles. The molecule has 4 atom stereocenters. The molecule has 3 aliphatic rings. The number of methoxy groups -OCH3 is 2. The summed E-state index contributed by atoms with van der Waals surface area (Å²) in [4.78, 5) is 60.1. The van der Waals surface area contributed by atoms with Gasteiger partial charge < -0.3 is 9.47 Å². The van der Waals surface area contributed by atoms with Crippen molar-refractivity contribution in [3.8, 4) is 11.5 Å². The van der Waals surface area contributed by atoms with Gasteiger partial charge >= 0.3 is 0 Å². The van der Waals surface area contributed by atoms with E-state index in [9.17, 15) is 4.79 Å². The minimum Gasteiger partial charge on any atom is -0.497 e. The van der Waals surface area contributed by atoms with Gasteiger partial charge in [-0.2, -0.15) is 0 Å². The van der Waals surface area contributed by atoms with Gasteiger partial charge in [0.1, 0.15) is 11.5 Å². The summed E-state index contributed by atoms with van der Waals surface area (Å²) in [6.07, 6.45) is 0. The monoisotopic (exact) mass is 659 g/mol. The van der Waals surface area contributed by atoms with Crippen molar-refractivity contribution >= 4 is 40.2 Å². The maximum Gasteiger partial charge on any atom is 0.239 e. The summed E-state index contributed by atoms with van der Waals surface area (Å²) in [5.41, 5.74) is 1.67. The van der Waals surface area contributed by atoms with Crippen molar-refractivity contribution in [1.82, 2.24) is 0 Å². The SMILES string of the molecule is COc1ccc(C2=C(c3ccc(OC)cc3)[C@@]3(c4ccccc4)C(=O)[C@]2(c2ccccc2)[C@@H]2C(=O)N(c4cccc(C(C)=O)c4)C(=O)[C@@H]23)cc1. The molecule has 7 nitrogen and oxygen atoms in total. The normalized spacial score (nSPS) is 23.7. The maximum absolute atomic E-state index is 16.1. The first-order valence-electron chi connectivity index (χ1n) is 16.5. The molecule has 0 radical (unpaired) electrons. The lowest BCUT2D eigenvalue weighted by atomic mass is 9.59. The summed E-state index contributed by atoms with van der Waals surface area (Å²) in [6, 6.07) is 40.3. The van der Waals surface area contributed by atoms with Crippen molar-refractivity contribution in [3.05, 3.63) is 161 Å². The molecular formula is C43H33NO6. The number of Topliss-reactive ketones (excluding diaryl/α,β-unsaturated/α-hetero) is 2. The van der Waals surface area contributed by atoms with Crippen LogP contribution in [0, 0.1) is 11.8 Å². The van der Waals surface area contributed by atoms with Crippen LogP contribution < -0.4 is 14.4 Å². The fourth-order valence-corrected chi connectivity index (χ4v) is 8.76. The predicted octanol–water partition coefficient (Wildman–Crippen LogP) is 7.10. The largest absolute Gasteiger partial charge is 0.497 e. The summed E-state index contributed by atoms with van der Waals surface area (Å²) < 4.78 is 11.0. The number of benzene rings is 5. The average Bonchev–Trinajstić information content (AvgIpc) is 3.67. The molecule has 0 spiro atoms. The summed E-state index contributed by atoms with van der Waals surface area (Å²) in [7, 11) is 3.19. The van der Waals surface area contributed by atoms with Crippen molar-refractivity contribution < 1.29 is 28.7 Å². The molecule has 1 saturated heterocycles. The van der Waals surface area contributed by atoms with Crippen LogP contribution in [0.15, 0.2) is 133 Å². The highest BCUT2D eigenvalue weighted by molar-refractivity contribution is 6.39. The molecule has 2 fully saturated rings. The molecule has 5 aromatic rings. The van der Waals surface area contributed by atoms with Gasteiger partial charge in [0.15, 0.2) is 11.6 Å². The van der Waals surface area contributed by atoms with E-state index >= 15 is 14.4 Å². The number of rotatable bonds is 8. The van der Waals surface area contributed by atoms with Crippen molar-refractivity contribution in [2.45, 2.75) is 17.8 Å². The number of allylic oxidation sites excluding steroid dienone is 2. The molecular weight excluding hydrogens is 626 g/mol. The second kappa shape index (κ2) is 11.5. The van der Waals surface area contributed by atoms with Crippen LogP contribution in [0.5, 0.6) is 11.5 Å². The van der Waals surface area contributed by atoms with E-state index in [1.807, 2.05) is 109 Å². The van der Waals surface area contributed by atoms with E-state index < -0.39 is 34.5 Å². The van der Waals surface area contributed by atoms with E-state index in [1.165, 1.54) is 11.8 Å². The van der Waals surface area contributed by atoms with E-state index in [1.54, 1.807) is 38.5 Å². The zero-order valence-electron chi connectivity index (χ0n) is 27.8. The summed E-state index contributed by atoms with van der Waals surface area (Å²) in [5, 5.41) is 0. The number of carbonyl (C=O) groups excluding carboxylic acids is 4. The molecule has 2 amide bonds. The Hall–Kier alpha value is -6.08. The Morgan fingerprint density at radius 3 is 1.42 bits per heavy atom. The van der Waals surface area contributed by atoms with Crippen LogP contribution in [0.2, 0.25) is 0 Å². The Bertz CT molecular complexity index is 2100. The molecule has 1 saturated carbocycles. The third-order valence-electron chi connectivity index (χ3n) is 10.7. The van der Waals surface area contributed by atoms with Crippen LogP contribution in [-0.2, 0) is 25.2 Å². The van der Waals surface area contributed by atoms with E-state index in [0.717, 1.165) is 11.1 Å². The van der Waals surface area contributed by atoms with Gasteiger partial charge in [0.2, 0.25) is 11.8 Å². The Morgan fingerprint density at radius 2 is 1.02 bits per heavy atom. The van der Waals surface area contributed by atoms with Gasteiger partial charge in [-0.25, -0.2) is 4.90 Å². The van der Waals surface area contributed by atoms with E-state index in [0.29, 0.717) is 45.0 Å². The Balaban J connectivity index is 1.53. The maximum atomic E-state index is 16.1. The molecule has 7 heteroatoms. The number of imide groups is 1. The number of anilines is 1. The lowest BCUT2D eigenvalue weighted by Gasteiger charge is -2.39. The van der Waals surface area contributed by atoms with Gasteiger partial charge in [-0.1, -0.05) is 97.1 Å². The number of ether oxygens (including phenoxy) is 2. The molecule has 50 heavy (non-hydrogen) atoms. The van der Waals surface area contributed by atoms with Gasteiger partial charge in [0.05, 0.1) is 42.6 Å². The molecule has 246 valence electrons. The zero-order valence-corrected chi connectivity index (χ0v) is 27.8. The first-order valence-corrected chi connectivity index (χ1v) is 16.5. The number of nitrogens with zero attached hydrogens (tertiary/aromatic N) is 1. The third-order valence-corrected chi connectivity index (χ3v) is 10.7. The molecule has 0 unspecified atom stereocenters. The van der Waals surface area contributed by atoms with Crippen molar-refractivity contribution in [2.24, 2.45) is 11.8 Å². The molecule has 2 aliphatic carbocycles. The minimum atomic E-state index is -1.55. The van der Waals surface area contributed by atoms with Crippen LogP contribution >= 0.6 is 0 Å². The fourth-order valence-electron chi connectivity index (χ4n) is 8.76. The fraction of sp³-hybridized carbons (Fsp3) is 0.163. The van der Waals surface area contributed by atoms with Crippen LogP contribution in [0.25, 0.3) is 11.1 Å². The number of amides is 2. The quantitative estimate of drug-likeness (QED) is 0.131. The number of hydrogen-bond donors (Lipinski definition) is 0. The highest BCUT2D eigenvalue weighted by atomic mass is 16.5. The first kappa shape index (κ1) is 31.2. The molecule has 8 rings (SSSR count). The second-order valence-corrected chi connectivity index (χ2v) is 13.0. The first-order chi connectivity index (χ1) is 24.3. The zero-order chi connectivity index (χ0) is 34.8. The van der Waals surface area contributed by atoms with Crippen molar-refractivity contribution in [2.75, 3.05) is 19.1 Å². The van der Waals surface area contributed by atoms with E-state index in [-0.39, 0.29) is 11.6 Å². The van der Waals surface area contributed by atoms with Gasteiger partial charge in [0.25, 0.3) is 0 Å². The predicted molar refractivity (Wildman–Crippen MR) is 190 cm³/mol. The van der Waals surface area contributed by atoms with E-state index in [4.69, 9.17) is 9.47 Å². The molecule has 1 heterocycles. The van der Waals surface area contributed by atoms with Crippen LogP contribution in [0.3, 0.4) is 0 Å². The lowest BCUT2D eigenvalue weighted by Crippen LogP contribution is -2.45. The lowest BCUT2D eigenvalue weighted by molar-refractivity contribution is -0.130. The molecule has 2 bridgehead atoms. The molecule has 0 N–H and O–H groups in total. The number of hydrogen-bond acceptors (Lipinski definition) is 6. The molecule has 1 aliphatic heterocycles. The second-order valence-electron chi connectivity index (χ2n) is 13.0. The molecule has 5 aromatic carbocycles. The smallest absolute Gasteiger partial charge is 0.239 e. The third kappa shape index (κ3) is 4.03. The Morgan fingerprint density at radius 1 is 0.580 bits per heavy atom. The van der Waals surface area contributed by atoms with Crippen LogP contribution in [0.4, 0.5) is 5.69 Å². The Labute approximate surface area is 289 Å². The highest BCUT2D eigenvalue weighted by Gasteiger charge is 2.82. The van der Waals surface area contributed by atoms with Crippen LogP contribution in [-0.4, -0.2) is 37.6 Å².